The van der Waals surface area contributed by atoms with Crippen molar-refractivity contribution in [1.29, 1.82) is 0 Å². The summed E-state index contributed by atoms with van der Waals surface area (Å²) in [5.74, 6) is 1.08. The largest absolute Gasteiger partial charge is 0.380 e. The molecule has 106 valence electrons. The zero-order chi connectivity index (χ0) is 14.0. The van der Waals surface area contributed by atoms with Gasteiger partial charge in [0.05, 0.1) is 6.61 Å². The van der Waals surface area contributed by atoms with Crippen molar-refractivity contribution in [3.05, 3.63) is 65.7 Å². The van der Waals surface area contributed by atoms with E-state index in [2.05, 4.69) is 59.9 Å². The van der Waals surface area contributed by atoms with Gasteiger partial charge in [0.25, 0.3) is 0 Å². The molecule has 0 unspecified atom stereocenters. The van der Waals surface area contributed by atoms with Gasteiger partial charge in [0.1, 0.15) is 0 Å². The Morgan fingerprint density at radius 3 is 2.40 bits per heavy atom. The van der Waals surface area contributed by atoms with Crippen LogP contribution in [0.25, 0.3) is 0 Å². The fraction of sp³-hybridized carbons (Fsp3) is 0.294. The molecule has 3 heteroatoms. The van der Waals surface area contributed by atoms with Crippen LogP contribution in [0.2, 0.25) is 0 Å². The fourth-order valence-corrected chi connectivity index (χ4v) is 2.84. The second kappa shape index (κ2) is 8.80. The van der Waals surface area contributed by atoms with Gasteiger partial charge in [-0.1, -0.05) is 42.5 Å². The van der Waals surface area contributed by atoms with E-state index in [1.165, 1.54) is 16.0 Å². The van der Waals surface area contributed by atoms with Crippen LogP contribution < -0.4 is 5.32 Å². The maximum atomic E-state index is 5.22. The van der Waals surface area contributed by atoms with Crippen molar-refractivity contribution < 1.29 is 4.74 Å². The van der Waals surface area contributed by atoms with E-state index >= 15 is 0 Å². The topological polar surface area (TPSA) is 21.3 Å². The minimum absolute atomic E-state index is 0.677. The lowest BCUT2D eigenvalue weighted by molar-refractivity contribution is 0.184. The Hall–Kier alpha value is -1.29. The van der Waals surface area contributed by atoms with E-state index in [0.717, 1.165) is 18.8 Å². The van der Waals surface area contributed by atoms with E-state index in [-0.39, 0.29) is 0 Å². The first-order valence-corrected chi connectivity index (χ1v) is 7.83. The number of benzene rings is 2. The van der Waals surface area contributed by atoms with Gasteiger partial charge in [0.15, 0.2) is 0 Å². The minimum atomic E-state index is 0.677. The third-order valence-corrected chi connectivity index (χ3v) is 4.04. The molecule has 2 aromatic carbocycles. The van der Waals surface area contributed by atoms with E-state index in [1.807, 2.05) is 11.8 Å². The molecule has 2 nitrogen and oxygen atoms in total. The Labute approximate surface area is 125 Å². The summed E-state index contributed by atoms with van der Waals surface area (Å²) in [6, 6.07) is 18.9. The van der Waals surface area contributed by atoms with Gasteiger partial charge >= 0.3 is 0 Å². The highest BCUT2D eigenvalue weighted by atomic mass is 32.2. The number of thioether (sulfide) groups is 1. The molecule has 2 aromatic rings. The molecule has 0 atom stereocenters. The van der Waals surface area contributed by atoms with Gasteiger partial charge in [0.2, 0.25) is 0 Å². The first-order valence-electron chi connectivity index (χ1n) is 6.84. The minimum Gasteiger partial charge on any atom is -0.380 e. The molecular formula is C17H21NOS. The van der Waals surface area contributed by atoms with Crippen LogP contribution in [0.3, 0.4) is 0 Å². The normalized spacial score (nSPS) is 10.7. The van der Waals surface area contributed by atoms with Crippen LogP contribution in [0, 0.1) is 0 Å². The Morgan fingerprint density at radius 1 is 0.950 bits per heavy atom. The molecular weight excluding hydrogens is 266 g/mol. The van der Waals surface area contributed by atoms with E-state index in [1.54, 1.807) is 7.11 Å². The third-order valence-electron chi connectivity index (χ3n) is 3.02. The number of nitrogens with one attached hydrogen (secondary N) is 1. The van der Waals surface area contributed by atoms with E-state index in [0.29, 0.717) is 6.61 Å². The lowest BCUT2D eigenvalue weighted by Crippen LogP contribution is -2.17. The summed E-state index contributed by atoms with van der Waals surface area (Å²) in [5.41, 5.74) is 2.58. The van der Waals surface area contributed by atoms with Crippen molar-refractivity contribution in [2.45, 2.75) is 18.0 Å². The number of methoxy groups -OCH3 is 1. The molecule has 0 aromatic heterocycles. The van der Waals surface area contributed by atoms with Crippen LogP contribution in [0.5, 0.6) is 0 Å². The monoisotopic (exact) mass is 287 g/mol. The fourth-order valence-electron chi connectivity index (χ4n) is 2.01. The van der Waals surface area contributed by atoms with Gasteiger partial charge in [0, 0.05) is 30.8 Å². The Kier molecular flexibility index (Phi) is 6.64. The molecule has 0 heterocycles. The van der Waals surface area contributed by atoms with Crippen molar-refractivity contribution in [2.75, 3.05) is 19.4 Å². The molecule has 0 fully saturated rings. The van der Waals surface area contributed by atoms with Crippen molar-refractivity contribution in [2.24, 2.45) is 0 Å². The van der Waals surface area contributed by atoms with Crippen LogP contribution >= 0.6 is 11.8 Å². The predicted octanol–water partition coefficient (Wildman–Crippen LogP) is 3.71. The van der Waals surface area contributed by atoms with Gasteiger partial charge in [-0.15, -0.1) is 11.8 Å². The van der Waals surface area contributed by atoms with Gasteiger partial charge < -0.3 is 10.1 Å². The van der Waals surface area contributed by atoms with Crippen LogP contribution in [0.15, 0.2) is 59.5 Å². The summed E-state index contributed by atoms with van der Waals surface area (Å²) < 4.78 is 5.22. The van der Waals surface area contributed by atoms with E-state index in [4.69, 9.17) is 4.74 Å². The molecule has 0 aliphatic carbocycles. The van der Waals surface area contributed by atoms with Crippen molar-refractivity contribution >= 4 is 11.8 Å². The summed E-state index contributed by atoms with van der Waals surface area (Å²) in [6.45, 7) is 2.58. The molecule has 0 aliphatic rings. The molecule has 0 radical (unpaired) electrons. The highest BCUT2D eigenvalue weighted by molar-refractivity contribution is 7.99. The van der Waals surface area contributed by atoms with Crippen LogP contribution in [0.1, 0.15) is 11.1 Å². The average molecular weight is 287 g/mol. The smallest absolute Gasteiger partial charge is 0.0716 e. The van der Waals surface area contributed by atoms with Crippen LogP contribution in [-0.2, 0) is 17.9 Å². The second-order valence-electron chi connectivity index (χ2n) is 4.54. The standard InChI is InChI=1S/C17H21NOS/c1-19-14-16-8-6-5-7-15(16)13-18-11-12-20-17-9-3-2-4-10-17/h2-10,18H,11-14H2,1H3. The summed E-state index contributed by atoms with van der Waals surface area (Å²) >= 11 is 1.88. The number of ether oxygens (including phenoxy) is 1. The number of hydrogen-bond donors (Lipinski definition) is 1. The molecule has 2 rings (SSSR count). The molecule has 0 amide bonds. The molecule has 20 heavy (non-hydrogen) atoms. The summed E-state index contributed by atoms with van der Waals surface area (Å²) in [5, 5.41) is 3.49. The number of hydrogen-bond acceptors (Lipinski definition) is 3. The highest BCUT2D eigenvalue weighted by Gasteiger charge is 2.00. The summed E-state index contributed by atoms with van der Waals surface area (Å²) in [4.78, 5) is 1.33. The summed E-state index contributed by atoms with van der Waals surface area (Å²) in [6.07, 6.45) is 0. The highest BCUT2D eigenvalue weighted by Crippen LogP contribution is 2.16. The van der Waals surface area contributed by atoms with Crippen molar-refractivity contribution in [3.8, 4) is 0 Å². The maximum Gasteiger partial charge on any atom is 0.0716 e. The second-order valence-corrected chi connectivity index (χ2v) is 5.71. The summed E-state index contributed by atoms with van der Waals surface area (Å²) in [7, 11) is 1.74. The predicted molar refractivity (Wildman–Crippen MR) is 86.0 cm³/mol. The molecule has 0 saturated carbocycles. The van der Waals surface area contributed by atoms with Crippen molar-refractivity contribution in [1.82, 2.24) is 5.32 Å². The average Bonchev–Trinajstić information content (AvgIpc) is 2.50. The molecule has 0 aliphatic heterocycles. The van der Waals surface area contributed by atoms with Crippen molar-refractivity contribution in [3.63, 3.8) is 0 Å². The van der Waals surface area contributed by atoms with Crippen LogP contribution in [-0.4, -0.2) is 19.4 Å². The Bertz CT molecular complexity index is 501. The Morgan fingerprint density at radius 2 is 1.65 bits per heavy atom. The first kappa shape index (κ1) is 15.1. The zero-order valence-electron chi connectivity index (χ0n) is 11.8. The van der Waals surface area contributed by atoms with Crippen LogP contribution in [0.4, 0.5) is 0 Å². The van der Waals surface area contributed by atoms with Gasteiger partial charge in [-0.3, -0.25) is 0 Å². The Balaban J connectivity index is 1.71. The number of rotatable bonds is 8. The van der Waals surface area contributed by atoms with Gasteiger partial charge in [-0.2, -0.15) is 0 Å². The lowest BCUT2D eigenvalue weighted by Gasteiger charge is -2.10. The van der Waals surface area contributed by atoms with Gasteiger partial charge in [-0.05, 0) is 23.3 Å². The first-order chi connectivity index (χ1) is 9.90. The van der Waals surface area contributed by atoms with E-state index < -0.39 is 0 Å². The molecule has 1 N–H and O–H groups in total. The SMILES string of the molecule is COCc1ccccc1CNCCSc1ccccc1. The molecule has 0 spiro atoms. The van der Waals surface area contributed by atoms with Gasteiger partial charge in [-0.25, -0.2) is 0 Å². The zero-order valence-corrected chi connectivity index (χ0v) is 12.7. The quantitative estimate of drug-likeness (QED) is 0.590. The lowest BCUT2D eigenvalue weighted by atomic mass is 10.1. The maximum absolute atomic E-state index is 5.22. The molecule has 0 bridgehead atoms. The third kappa shape index (κ3) is 5.00. The van der Waals surface area contributed by atoms with E-state index in [9.17, 15) is 0 Å². The molecule has 0 saturated heterocycles.